The lowest BCUT2D eigenvalue weighted by molar-refractivity contribution is -0.129. The SMILES string of the molecule is CCN1CC(CNC(=O)C2(c3ccc(Cl)cc3)CCCCC2)CC1=O. The lowest BCUT2D eigenvalue weighted by Gasteiger charge is -2.36. The van der Waals surface area contributed by atoms with Crippen molar-refractivity contribution in [2.24, 2.45) is 5.92 Å². The lowest BCUT2D eigenvalue weighted by Crippen LogP contribution is -2.47. The van der Waals surface area contributed by atoms with Crippen molar-refractivity contribution in [1.29, 1.82) is 0 Å². The van der Waals surface area contributed by atoms with E-state index >= 15 is 0 Å². The Morgan fingerprint density at radius 1 is 1.24 bits per heavy atom. The number of amides is 2. The Balaban J connectivity index is 1.70. The van der Waals surface area contributed by atoms with Gasteiger partial charge in [0.1, 0.15) is 0 Å². The Labute approximate surface area is 154 Å². The van der Waals surface area contributed by atoms with Gasteiger partial charge in [-0.25, -0.2) is 0 Å². The van der Waals surface area contributed by atoms with Crippen molar-refractivity contribution in [3.8, 4) is 0 Å². The Morgan fingerprint density at radius 3 is 2.52 bits per heavy atom. The second-order valence-electron chi connectivity index (χ2n) is 7.36. The largest absolute Gasteiger partial charge is 0.355 e. The van der Waals surface area contributed by atoms with Crippen LogP contribution in [0.4, 0.5) is 0 Å². The van der Waals surface area contributed by atoms with Gasteiger partial charge in [-0.3, -0.25) is 9.59 Å². The minimum Gasteiger partial charge on any atom is -0.355 e. The molecule has 1 saturated carbocycles. The molecule has 0 spiro atoms. The predicted octanol–water partition coefficient (Wildman–Crippen LogP) is 3.53. The van der Waals surface area contributed by atoms with Crippen molar-refractivity contribution in [1.82, 2.24) is 10.2 Å². The highest BCUT2D eigenvalue weighted by atomic mass is 35.5. The van der Waals surface area contributed by atoms with Crippen LogP contribution < -0.4 is 5.32 Å². The smallest absolute Gasteiger partial charge is 0.230 e. The Hall–Kier alpha value is -1.55. The zero-order chi connectivity index (χ0) is 17.9. The first-order valence-electron chi connectivity index (χ1n) is 9.37. The Morgan fingerprint density at radius 2 is 1.92 bits per heavy atom. The fourth-order valence-corrected chi connectivity index (χ4v) is 4.40. The summed E-state index contributed by atoms with van der Waals surface area (Å²) in [6.07, 6.45) is 5.63. The van der Waals surface area contributed by atoms with Crippen LogP contribution in [0.1, 0.15) is 51.0 Å². The molecule has 3 rings (SSSR count). The van der Waals surface area contributed by atoms with Crippen LogP contribution in [-0.2, 0) is 15.0 Å². The van der Waals surface area contributed by atoms with Gasteiger partial charge in [-0.15, -0.1) is 0 Å². The van der Waals surface area contributed by atoms with Crippen molar-refractivity contribution in [3.63, 3.8) is 0 Å². The van der Waals surface area contributed by atoms with Crippen LogP contribution in [0.15, 0.2) is 24.3 Å². The topological polar surface area (TPSA) is 49.4 Å². The molecule has 0 radical (unpaired) electrons. The van der Waals surface area contributed by atoms with E-state index in [0.717, 1.165) is 44.3 Å². The molecule has 4 nitrogen and oxygen atoms in total. The fourth-order valence-electron chi connectivity index (χ4n) is 4.27. The van der Waals surface area contributed by atoms with Crippen LogP contribution in [0.2, 0.25) is 5.02 Å². The number of nitrogens with one attached hydrogen (secondary N) is 1. The first-order chi connectivity index (χ1) is 12.0. The van der Waals surface area contributed by atoms with E-state index in [1.807, 2.05) is 36.1 Å². The number of hydrogen-bond donors (Lipinski definition) is 1. The molecule has 1 heterocycles. The van der Waals surface area contributed by atoms with Gasteiger partial charge in [0, 0.05) is 37.0 Å². The van der Waals surface area contributed by atoms with E-state index < -0.39 is 5.41 Å². The number of halogens is 1. The standard InChI is InChI=1S/C20H27ClN2O2/c1-2-23-14-15(12-18(23)24)13-22-19(25)20(10-4-3-5-11-20)16-6-8-17(21)9-7-16/h6-9,15H,2-5,10-14H2,1H3,(H,22,25). The fraction of sp³-hybridized carbons (Fsp3) is 0.600. The molecule has 1 saturated heterocycles. The summed E-state index contributed by atoms with van der Waals surface area (Å²) in [7, 11) is 0. The first-order valence-corrected chi connectivity index (χ1v) is 9.75. The van der Waals surface area contributed by atoms with Crippen molar-refractivity contribution in [2.75, 3.05) is 19.6 Å². The molecule has 2 aliphatic rings. The summed E-state index contributed by atoms with van der Waals surface area (Å²) >= 11 is 6.03. The van der Waals surface area contributed by atoms with Crippen molar-refractivity contribution in [3.05, 3.63) is 34.9 Å². The number of carbonyl (C=O) groups is 2. The Bertz CT molecular complexity index is 623. The molecule has 1 unspecified atom stereocenters. The third-order valence-corrected chi connectivity index (χ3v) is 6.02. The molecule has 5 heteroatoms. The number of benzene rings is 1. The maximum Gasteiger partial charge on any atom is 0.230 e. The molecule has 1 aliphatic heterocycles. The summed E-state index contributed by atoms with van der Waals surface area (Å²) in [6.45, 7) is 4.08. The van der Waals surface area contributed by atoms with Crippen LogP contribution in [0.5, 0.6) is 0 Å². The highest BCUT2D eigenvalue weighted by Crippen LogP contribution is 2.40. The summed E-state index contributed by atoms with van der Waals surface area (Å²) in [5.41, 5.74) is 0.613. The second kappa shape index (κ2) is 7.77. The molecular formula is C20H27ClN2O2. The van der Waals surface area contributed by atoms with Gasteiger partial charge in [0.05, 0.1) is 5.41 Å². The van der Waals surface area contributed by atoms with Crippen LogP contribution in [0.3, 0.4) is 0 Å². The summed E-state index contributed by atoms with van der Waals surface area (Å²) in [5.74, 6) is 0.533. The van der Waals surface area contributed by atoms with E-state index in [1.54, 1.807) is 0 Å². The third kappa shape index (κ3) is 3.84. The molecular weight excluding hydrogens is 336 g/mol. The summed E-state index contributed by atoms with van der Waals surface area (Å²) in [6, 6.07) is 7.72. The molecule has 2 amide bonds. The summed E-state index contributed by atoms with van der Waals surface area (Å²) < 4.78 is 0. The van der Waals surface area contributed by atoms with E-state index in [4.69, 9.17) is 11.6 Å². The summed E-state index contributed by atoms with van der Waals surface area (Å²) in [4.78, 5) is 26.9. The van der Waals surface area contributed by atoms with Gasteiger partial charge in [-0.1, -0.05) is 43.0 Å². The van der Waals surface area contributed by atoms with Crippen LogP contribution >= 0.6 is 11.6 Å². The second-order valence-corrected chi connectivity index (χ2v) is 7.80. The normalized spacial score (nSPS) is 22.9. The first kappa shape index (κ1) is 18.2. The van der Waals surface area contributed by atoms with Gasteiger partial charge < -0.3 is 10.2 Å². The van der Waals surface area contributed by atoms with E-state index in [1.165, 1.54) is 6.42 Å². The van der Waals surface area contributed by atoms with Crippen molar-refractivity contribution < 1.29 is 9.59 Å². The number of likely N-dealkylation sites (tertiary alicyclic amines) is 1. The minimum absolute atomic E-state index is 0.108. The highest BCUT2D eigenvalue weighted by Gasteiger charge is 2.41. The maximum absolute atomic E-state index is 13.2. The molecule has 1 N–H and O–H groups in total. The lowest BCUT2D eigenvalue weighted by atomic mass is 9.68. The quantitative estimate of drug-likeness (QED) is 0.871. The average molecular weight is 363 g/mol. The molecule has 1 aromatic rings. The van der Waals surface area contributed by atoms with E-state index in [-0.39, 0.29) is 17.7 Å². The van der Waals surface area contributed by atoms with Gasteiger partial charge in [0.2, 0.25) is 11.8 Å². The molecule has 2 fully saturated rings. The molecule has 0 bridgehead atoms. The molecule has 25 heavy (non-hydrogen) atoms. The predicted molar refractivity (Wildman–Crippen MR) is 99.6 cm³/mol. The summed E-state index contributed by atoms with van der Waals surface area (Å²) in [5, 5.41) is 3.86. The number of carbonyl (C=O) groups excluding carboxylic acids is 2. The van der Waals surface area contributed by atoms with E-state index in [9.17, 15) is 9.59 Å². The van der Waals surface area contributed by atoms with Gasteiger partial charge >= 0.3 is 0 Å². The molecule has 0 aromatic heterocycles. The molecule has 1 aromatic carbocycles. The zero-order valence-electron chi connectivity index (χ0n) is 14.9. The number of rotatable bonds is 5. The number of hydrogen-bond acceptors (Lipinski definition) is 2. The monoisotopic (exact) mass is 362 g/mol. The molecule has 1 aliphatic carbocycles. The average Bonchev–Trinajstić information content (AvgIpc) is 3.00. The highest BCUT2D eigenvalue weighted by molar-refractivity contribution is 6.30. The van der Waals surface area contributed by atoms with Gasteiger partial charge in [0.25, 0.3) is 0 Å². The van der Waals surface area contributed by atoms with Gasteiger partial charge in [0.15, 0.2) is 0 Å². The van der Waals surface area contributed by atoms with Crippen LogP contribution in [0, 0.1) is 5.92 Å². The van der Waals surface area contributed by atoms with Gasteiger partial charge in [-0.2, -0.15) is 0 Å². The zero-order valence-corrected chi connectivity index (χ0v) is 15.6. The van der Waals surface area contributed by atoms with E-state index in [2.05, 4.69) is 5.32 Å². The third-order valence-electron chi connectivity index (χ3n) is 5.77. The van der Waals surface area contributed by atoms with Crippen molar-refractivity contribution >= 4 is 23.4 Å². The number of nitrogens with zero attached hydrogens (tertiary/aromatic N) is 1. The maximum atomic E-state index is 13.2. The van der Waals surface area contributed by atoms with Crippen molar-refractivity contribution in [2.45, 2.75) is 50.9 Å². The molecule has 136 valence electrons. The Kier molecular flexibility index (Phi) is 5.67. The molecule has 1 atom stereocenters. The van der Waals surface area contributed by atoms with Crippen LogP contribution in [0.25, 0.3) is 0 Å². The van der Waals surface area contributed by atoms with E-state index in [0.29, 0.717) is 18.0 Å². The van der Waals surface area contributed by atoms with Crippen LogP contribution in [-0.4, -0.2) is 36.3 Å². The minimum atomic E-state index is -0.449. The van der Waals surface area contributed by atoms with Gasteiger partial charge in [-0.05, 0) is 37.5 Å².